The van der Waals surface area contributed by atoms with E-state index in [0.717, 1.165) is 35.1 Å². The molecule has 18 heavy (non-hydrogen) atoms. The van der Waals surface area contributed by atoms with Crippen molar-refractivity contribution in [1.29, 1.82) is 0 Å². The summed E-state index contributed by atoms with van der Waals surface area (Å²) in [5.74, 6) is 0.610. The molecule has 0 aliphatic carbocycles. The average molecular weight is 288 g/mol. The van der Waals surface area contributed by atoms with Crippen molar-refractivity contribution in [2.75, 3.05) is 13.1 Å². The molecule has 0 heterocycles. The first-order valence-electron chi connectivity index (χ1n) is 6.82. The van der Waals surface area contributed by atoms with Crippen molar-refractivity contribution in [2.45, 2.75) is 39.5 Å². The van der Waals surface area contributed by atoms with Crippen molar-refractivity contribution in [3.63, 3.8) is 0 Å². The molecular formula is C15H23Cl2N. The second-order valence-corrected chi connectivity index (χ2v) is 5.58. The minimum Gasteiger partial charge on any atom is -0.316 e. The number of halogens is 2. The van der Waals surface area contributed by atoms with E-state index in [-0.39, 0.29) is 0 Å². The van der Waals surface area contributed by atoms with Crippen LogP contribution in [0.25, 0.3) is 0 Å². The van der Waals surface area contributed by atoms with Crippen LogP contribution < -0.4 is 5.32 Å². The number of hydrogen-bond acceptors (Lipinski definition) is 1. The first-order chi connectivity index (χ1) is 8.69. The van der Waals surface area contributed by atoms with Gasteiger partial charge >= 0.3 is 0 Å². The second-order valence-electron chi connectivity index (χ2n) is 4.76. The summed E-state index contributed by atoms with van der Waals surface area (Å²) in [4.78, 5) is 0. The monoisotopic (exact) mass is 287 g/mol. The van der Waals surface area contributed by atoms with Crippen LogP contribution in [0, 0.1) is 5.92 Å². The molecule has 3 heteroatoms. The van der Waals surface area contributed by atoms with Crippen molar-refractivity contribution in [2.24, 2.45) is 5.92 Å². The zero-order chi connectivity index (χ0) is 13.4. The minimum absolute atomic E-state index is 0.610. The van der Waals surface area contributed by atoms with E-state index < -0.39 is 0 Å². The molecule has 1 aromatic carbocycles. The lowest BCUT2D eigenvalue weighted by Gasteiger charge is -2.18. The first-order valence-corrected chi connectivity index (χ1v) is 7.58. The Bertz CT molecular complexity index is 332. The third-order valence-electron chi connectivity index (χ3n) is 3.11. The van der Waals surface area contributed by atoms with Crippen LogP contribution in [0.4, 0.5) is 0 Å². The molecule has 1 atom stereocenters. The van der Waals surface area contributed by atoms with Gasteiger partial charge in [0.1, 0.15) is 0 Å². The number of rotatable bonds is 8. The molecule has 1 nitrogen and oxygen atoms in total. The van der Waals surface area contributed by atoms with Crippen LogP contribution in [0.3, 0.4) is 0 Å². The second kappa shape index (κ2) is 8.79. The Morgan fingerprint density at radius 2 is 1.78 bits per heavy atom. The highest BCUT2D eigenvalue weighted by molar-refractivity contribution is 6.35. The molecule has 0 spiro atoms. The normalized spacial score (nSPS) is 12.7. The highest BCUT2D eigenvalue weighted by Gasteiger charge is 2.13. The predicted octanol–water partition coefficient (Wildman–Crippen LogP) is 4.95. The van der Waals surface area contributed by atoms with Gasteiger partial charge in [0.25, 0.3) is 0 Å². The molecule has 0 radical (unpaired) electrons. The van der Waals surface area contributed by atoms with E-state index in [9.17, 15) is 0 Å². The molecule has 1 N–H and O–H groups in total. The molecule has 0 bridgehead atoms. The topological polar surface area (TPSA) is 12.0 Å². The fraction of sp³-hybridized carbons (Fsp3) is 0.600. The van der Waals surface area contributed by atoms with E-state index in [4.69, 9.17) is 23.2 Å². The molecular weight excluding hydrogens is 265 g/mol. The number of nitrogens with one attached hydrogen (secondary N) is 1. The molecule has 0 fully saturated rings. The maximum atomic E-state index is 6.23. The van der Waals surface area contributed by atoms with Crippen LogP contribution >= 0.6 is 23.2 Å². The smallest absolute Gasteiger partial charge is 0.0452 e. The van der Waals surface area contributed by atoms with Crippen LogP contribution in [0.2, 0.25) is 10.0 Å². The zero-order valence-electron chi connectivity index (χ0n) is 11.3. The zero-order valence-corrected chi connectivity index (χ0v) is 12.8. The summed E-state index contributed by atoms with van der Waals surface area (Å²) in [5.41, 5.74) is 1.09. The van der Waals surface area contributed by atoms with Crippen molar-refractivity contribution < 1.29 is 0 Å². The number of benzene rings is 1. The Morgan fingerprint density at radius 3 is 2.33 bits per heavy atom. The Hall–Kier alpha value is -0.240. The minimum atomic E-state index is 0.610. The van der Waals surface area contributed by atoms with Crippen LogP contribution in [0.15, 0.2) is 18.2 Å². The van der Waals surface area contributed by atoms with Crippen molar-refractivity contribution in [1.82, 2.24) is 5.32 Å². The van der Waals surface area contributed by atoms with E-state index in [2.05, 4.69) is 19.2 Å². The van der Waals surface area contributed by atoms with Crippen LogP contribution in [-0.2, 0) is 6.42 Å². The molecule has 102 valence electrons. The summed E-state index contributed by atoms with van der Waals surface area (Å²) in [6.45, 7) is 6.54. The van der Waals surface area contributed by atoms with Gasteiger partial charge in [-0.05, 0) is 56.0 Å². The van der Waals surface area contributed by atoms with E-state index in [0.29, 0.717) is 5.92 Å². The third kappa shape index (κ3) is 5.17. The molecule has 0 saturated heterocycles. The molecule has 1 unspecified atom stereocenters. The van der Waals surface area contributed by atoms with Crippen LogP contribution in [-0.4, -0.2) is 13.1 Å². The highest BCUT2D eigenvalue weighted by Crippen LogP contribution is 2.27. The molecule has 0 saturated carbocycles. The predicted molar refractivity (Wildman–Crippen MR) is 81.7 cm³/mol. The Kier molecular flexibility index (Phi) is 7.73. The van der Waals surface area contributed by atoms with Crippen molar-refractivity contribution in [3.8, 4) is 0 Å². The van der Waals surface area contributed by atoms with E-state index in [1.807, 2.05) is 18.2 Å². The lowest BCUT2D eigenvalue weighted by Crippen LogP contribution is -2.25. The van der Waals surface area contributed by atoms with E-state index in [1.54, 1.807) is 0 Å². The SMILES string of the molecule is CCCNCC(CCC)Cc1c(Cl)cccc1Cl. The summed E-state index contributed by atoms with van der Waals surface area (Å²) in [6.07, 6.45) is 4.54. The molecule has 0 amide bonds. The fourth-order valence-electron chi connectivity index (χ4n) is 2.18. The van der Waals surface area contributed by atoms with Gasteiger partial charge in [0.15, 0.2) is 0 Å². The Morgan fingerprint density at radius 1 is 1.11 bits per heavy atom. The summed E-state index contributed by atoms with van der Waals surface area (Å²) in [6, 6.07) is 5.74. The van der Waals surface area contributed by atoms with Crippen molar-refractivity contribution >= 4 is 23.2 Å². The van der Waals surface area contributed by atoms with Gasteiger partial charge in [-0.3, -0.25) is 0 Å². The lowest BCUT2D eigenvalue weighted by atomic mass is 9.95. The Balaban J connectivity index is 2.64. The van der Waals surface area contributed by atoms with Crippen molar-refractivity contribution in [3.05, 3.63) is 33.8 Å². The van der Waals surface area contributed by atoms with Gasteiger partial charge in [0.2, 0.25) is 0 Å². The molecule has 1 rings (SSSR count). The molecule has 0 aromatic heterocycles. The largest absolute Gasteiger partial charge is 0.316 e. The molecule has 0 aliphatic heterocycles. The van der Waals surface area contributed by atoms with Gasteiger partial charge in [-0.2, -0.15) is 0 Å². The maximum Gasteiger partial charge on any atom is 0.0452 e. The fourth-order valence-corrected chi connectivity index (χ4v) is 2.74. The summed E-state index contributed by atoms with van der Waals surface area (Å²) in [5, 5.41) is 5.07. The standard InChI is InChI=1S/C15H23Cl2N/c1-3-6-12(11-18-9-4-2)10-13-14(16)7-5-8-15(13)17/h5,7-8,12,18H,3-4,6,9-11H2,1-2H3. The first kappa shape index (κ1) is 15.8. The molecule has 0 aliphatic rings. The summed E-state index contributed by atoms with van der Waals surface area (Å²) >= 11 is 12.5. The van der Waals surface area contributed by atoms with Gasteiger partial charge < -0.3 is 5.32 Å². The Labute approximate surface area is 121 Å². The third-order valence-corrected chi connectivity index (χ3v) is 3.82. The van der Waals surface area contributed by atoms with E-state index >= 15 is 0 Å². The van der Waals surface area contributed by atoms with Crippen LogP contribution in [0.1, 0.15) is 38.7 Å². The van der Waals surface area contributed by atoms with Gasteiger partial charge in [-0.25, -0.2) is 0 Å². The van der Waals surface area contributed by atoms with Crippen LogP contribution in [0.5, 0.6) is 0 Å². The quantitative estimate of drug-likeness (QED) is 0.667. The van der Waals surface area contributed by atoms with Gasteiger partial charge in [-0.1, -0.05) is 49.5 Å². The van der Waals surface area contributed by atoms with Gasteiger partial charge in [0.05, 0.1) is 0 Å². The maximum absolute atomic E-state index is 6.23. The number of hydrogen-bond donors (Lipinski definition) is 1. The van der Waals surface area contributed by atoms with E-state index in [1.165, 1.54) is 19.3 Å². The highest BCUT2D eigenvalue weighted by atomic mass is 35.5. The summed E-state index contributed by atoms with van der Waals surface area (Å²) in [7, 11) is 0. The summed E-state index contributed by atoms with van der Waals surface area (Å²) < 4.78 is 0. The molecule has 1 aromatic rings. The van der Waals surface area contributed by atoms with Gasteiger partial charge in [0, 0.05) is 10.0 Å². The average Bonchev–Trinajstić information content (AvgIpc) is 2.34. The lowest BCUT2D eigenvalue weighted by molar-refractivity contribution is 0.439. The van der Waals surface area contributed by atoms with Gasteiger partial charge in [-0.15, -0.1) is 0 Å².